The van der Waals surface area contributed by atoms with Crippen LogP contribution >= 0.6 is 12.2 Å². The molecular weight excluding hydrogens is 210 g/mol. The second-order valence-corrected chi connectivity index (χ2v) is 4.53. The lowest BCUT2D eigenvalue weighted by Gasteiger charge is -2.26. The van der Waals surface area contributed by atoms with Crippen molar-refractivity contribution in [3.05, 3.63) is 12.2 Å². The Kier molecular flexibility index (Phi) is 3.85. The molecule has 84 valence electrons. The van der Waals surface area contributed by atoms with Gasteiger partial charge in [-0.1, -0.05) is 19.1 Å². The predicted octanol–water partition coefficient (Wildman–Crippen LogP) is 2.27. The van der Waals surface area contributed by atoms with Crippen LogP contribution in [0.4, 0.5) is 0 Å². The van der Waals surface area contributed by atoms with E-state index >= 15 is 0 Å². The van der Waals surface area contributed by atoms with Gasteiger partial charge in [-0.05, 0) is 32.5 Å². The first-order valence-electron chi connectivity index (χ1n) is 5.14. The molecule has 0 aliphatic carbocycles. The van der Waals surface area contributed by atoms with Gasteiger partial charge in [-0.2, -0.15) is 0 Å². The predicted molar refractivity (Wildman–Crippen MR) is 63.5 cm³/mol. The molecule has 0 spiro atoms. The Balaban J connectivity index is 2.65. The van der Waals surface area contributed by atoms with Crippen LogP contribution in [0, 0.1) is 0 Å². The van der Waals surface area contributed by atoms with Gasteiger partial charge in [-0.25, -0.2) is 0 Å². The van der Waals surface area contributed by atoms with Crippen molar-refractivity contribution in [1.82, 2.24) is 4.90 Å². The summed E-state index contributed by atoms with van der Waals surface area (Å²) in [6.45, 7) is 6.42. The number of thiocarbonyl (C=S) groups is 1. The smallest absolute Gasteiger partial charge is 0.266 e. The van der Waals surface area contributed by atoms with Crippen LogP contribution in [0.2, 0.25) is 0 Å². The number of hydrogen-bond acceptors (Lipinski definition) is 3. The van der Waals surface area contributed by atoms with Gasteiger partial charge in [0.05, 0.1) is 5.54 Å². The zero-order chi connectivity index (χ0) is 11.5. The highest BCUT2D eigenvalue weighted by Crippen LogP contribution is 2.24. The van der Waals surface area contributed by atoms with Crippen molar-refractivity contribution in [3.63, 3.8) is 0 Å². The lowest BCUT2D eigenvalue weighted by molar-refractivity contribution is -0.129. The van der Waals surface area contributed by atoms with E-state index in [1.165, 1.54) is 0 Å². The van der Waals surface area contributed by atoms with Crippen molar-refractivity contribution in [3.8, 4) is 0 Å². The highest BCUT2D eigenvalue weighted by molar-refractivity contribution is 7.80. The SMILES string of the molecule is CC/C=C\CC(=O)N1C(=S)OCC1(C)C. The molecule has 0 atom stereocenters. The number of carbonyl (C=O) groups excluding carboxylic acids is 1. The van der Waals surface area contributed by atoms with Gasteiger partial charge in [0, 0.05) is 6.42 Å². The second kappa shape index (κ2) is 4.75. The summed E-state index contributed by atoms with van der Waals surface area (Å²) in [5, 5.41) is 0.301. The van der Waals surface area contributed by atoms with Gasteiger partial charge in [0.2, 0.25) is 5.91 Å². The zero-order valence-electron chi connectivity index (χ0n) is 9.45. The number of carbonyl (C=O) groups is 1. The molecule has 0 unspecified atom stereocenters. The van der Waals surface area contributed by atoms with Gasteiger partial charge < -0.3 is 4.74 Å². The third-order valence-electron chi connectivity index (χ3n) is 2.28. The van der Waals surface area contributed by atoms with E-state index in [0.717, 1.165) is 6.42 Å². The molecule has 15 heavy (non-hydrogen) atoms. The number of hydrogen-bond donors (Lipinski definition) is 0. The molecule has 0 aromatic rings. The quantitative estimate of drug-likeness (QED) is 0.547. The summed E-state index contributed by atoms with van der Waals surface area (Å²) in [6, 6.07) is 0. The van der Waals surface area contributed by atoms with E-state index in [0.29, 0.717) is 18.2 Å². The van der Waals surface area contributed by atoms with Gasteiger partial charge in [-0.15, -0.1) is 0 Å². The minimum absolute atomic E-state index is 0.00667. The highest BCUT2D eigenvalue weighted by atomic mass is 32.1. The average molecular weight is 227 g/mol. The van der Waals surface area contributed by atoms with Gasteiger partial charge in [0.1, 0.15) is 6.61 Å². The van der Waals surface area contributed by atoms with Crippen LogP contribution in [0.25, 0.3) is 0 Å². The van der Waals surface area contributed by atoms with Crippen molar-refractivity contribution in [2.45, 2.75) is 39.2 Å². The molecule has 0 aromatic heterocycles. The fourth-order valence-electron chi connectivity index (χ4n) is 1.50. The molecule has 0 saturated carbocycles. The molecule has 1 saturated heterocycles. The number of nitrogens with zero attached hydrogens (tertiary/aromatic N) is 1. The summed E-state index contributed by atoms with van der Waals surface area (Å²) in [5.41, 5.74) is -0.311. The number of amides is 1. The van der Waals surface area contributed by atoms with Crippen LogP contribution in [0.3, 0.4) is 0 Å². The number of ether oxygens (including phenoxy) is 1. The van der Waals surface area contributed by atoms with E-state index in [-0.39, 0.29) is 11.4 Å². The molecule has 1 fully saturated rings. The number of allylic oxidation sites excluding steroid dienone is 1. The van der Waals surface area contributed by atoms with Gasteiger partial charge in [0.25, 0.3) is 5.17 Å². The second-order valence-electron chi connectivity index (χ2n) is 4.18. The van der Waals surface area contributed by atoms with Crippen LogP contribution in [0.5, 0.6) is 0 Å². The van der Waals surface area contributed by atoms with E-state index < -0.39 is 0 Å². The van der Waals surface area contributed by atoms with Crippen molar-refractivity contribution in [1.29, 1.82) is 0 Å². The Labute approximate surface area is 96.1 Å². The Hall–Kier alpha value is -0.900. The normalized spacial score (nSPS) is 19.7. The molecule has 3 nitrogen and oxygen atoms in total. The van der Waals surface area contributed by atoms with Crippen molar-refractivity contribution in [2.24, 2.45) is 0 Å². The molecule has 4 heteroatoms. The van der Waals surface area contributed by atoms with E-state index in [4.69, 9.17) is 17.0 Å². The molecule has 0 bridgehead atoms. The minimum atomic E-state index is -0.311. The topological polar surface area (TPSA) is 29.5 Å². The molecule has 1 rings (SSSR count). The molecule has 1 aliphatic heterocycles. The van der Waals surface area contributed by atoms with Gasteiger partial charge in [0.15, 0.2) is 0 Å². The molecule has 0 radical (unpaired) electrons. The maximum atomic E-state index is 11.9. The van der Waals surface area contributed by atoms with E-state index in [1.54, 1.807) is 4.90 Å². The fraction of sp³-hybridized carbons (Fsp3) is 0.636. The maximum Gasteiger partial charge on any atom is 0.266 e. The first-order chi connectivity index (χ1) is 6.99. The molecule has 1 heterocycles. The summed E-state index contributed by atoms with van der Waals surface area (Å²) < 4.78 is 5.22. The summed E-state index contributed by atoms with van der Waals surface area (Å²) >= 11 is 5.00. The van der Waals surface area contributed by atoms with Crippen LogP contribution < -0.4 is 0 Å². The summed E-state index contributed by atoms with van der Waals surface area (Å²) in [6.07, 6.45) is 5.18. The Morgan fingerprint density at radius 3 is 2.73 bits per heavy atom. The standard InChI is InChI=1S/C11H17NO2S/c1-4-5-6-7-9(13)12-10(15)14-8-11(12,2)3/h5-6H,4,7-8H2,1-3H3/b6-5-. The third kappa shape index (κ3) is 2.78. The van der Waals surface area contributed by atoms with E-state index in [9.17, 15) is 4.79 Å². The maximum absolute atomic E-state index is 11.9. The number of rotatable bonds is 3. The van der Waals surface area contributed by atoms with Gasteiger partial charge >= 0.3 is 0 Å². The fourth-order valence-corrected chi connectivity index (χ4v) is 1.90. The van der Waals surface area contributed by atoms with E-state index in [2.05, 4.69) is 0 Å². The van der Waals surface area contributed by atoms with Crippen LogP contribution in [-0.4, -0.2) is 28.1 Å². The largest absolute Gasteiger partial charge is 0.468 e. The van der Waals surface area contributed by atoms with E-state index in [1.807, 2.05) is 32.9 Å². The highest BCUT2D eigenvalue weighted by Gasteiger charge is 2.40. The summed E-state index contributed by atoms with van der Waals surface area (Å²) in [4.78, 5) is 13.4. The van der Waals surface area contributed by atoms with Crippen LogP contribution in [0.1, 0.15) is 33.6 Å². The molecular formula is C11H17NO2S. The molecule has 0 aromatic carbocycles. The Morgan fingerprint density at radius 1 is 1.60 bits per heavy atom. The van der Waals surface area contributed by atoms with Crippen LogP contribution in [-0.2, 0) is 9.53 Å². The van der Waals surface area contributed by atoms with Crippen LogP contribution in [0.15, 0.2) is 12.2 Å². The first kappa shape index (κ1) is 12.2. The monoisotopic (exact) mass is 227 g/mol. The first-order valence-corrected chi connectivity index (χ1v) is 5.54. The van der Waals surface area contributed by atoms with Gasteiger partial charge in [-0.3, -0.25) is 9.69 Å². The Bertz CT molecular complexity index is 297. The molecule has 0 N–H and O–H groups in total. The van der Waals surface area contributed by atoms with Crippen molar-refractivity contribution < 1.29 is 9.53 Å². The molecule has 1 aliphatic rings. The average Bonchev–Trinajstić information content (AvgIpc) is 2.41. The Morgan fingerprint density at radius 2 is 2.27 bits per heavy atom. The third-order valence-corrected chi connectivity index (χ3v) is 2.58. The summed E-state index contributed by atoms with van der Waals surface area (Å²) in [5.74, 6) is 0.00667. The molecule has 1 amide bonds. The van der Waals surface area contributed by atoms with Crippen molar-refractivity contribution >= 4 is 23.3 Å². The lowest BCUT2D eigenvalue weighted by Crippen LogP contribution is -2.45. The minimum Gasteiger partial charge on any atom is -0.468 e. The summed E-state index contributed by atoms with van der Waals surface area (Å²) in [7, 11) is 0. The zero-order valence-corrected chi connectivity index (χ0v) is 10.3. The van der Waals surface area contributed by atoms with Crippen molar-refractivity contribution in [2.75, 3.05) is 6.61 Å². The lowest BCUT2D eigenvalue weighted by atomic mass is 10.1.